The third-order valence-electron chi connectivity index (χ3n) is 3.03. The maximum atomic E-state index is 13.9. The van der Waals surface area contributed by atoms with E-state index < -0.39 is 0 Å². The van der Waals surface area contributed by atoms with Crippen molar-refractivity contribution in [3.8, 4) is 22.1 Å². The summed E-state index contributed by atoms with van der Waals surface area (Å²) in [7, 11) is 0. The van der Waals surface area contributed by atoms with Crippen LogP contribution in [0, 0.1) is 12.7 Å². The third-order valence-corrected chi connectivity index (χ3v) is 3.95. The molecule has 0 radical (unpaired) electrons. The molecule has 0 aliphatic heterocycles. The van der Waals surface area contributed by atoms with Crippen LogP contribution in [0.5, 0.6) is 0 Å². The van der Waals surface area contributed by atoms with Gasteiger partial charge in [-0.1, -0.05) is 23.5 Å². The lowest BCUT2D eigenvalue weighted by Crippen LogP contribution is -1.93. The molecule has 0 saturated carbocycles. The summed E-state index contributed by atoms with van der Waals surface area (Å²) < 4.78 is 15.4. The molecule has 0 atom stereocenters. The van der Waals surface area contributed by atoms with E-state index in [1.165, 1.54) is 17.4 Å². The Balaban J connectivity index is 1.89. The van der Waals surface area contributed by atoms with Gasteiger partial charge < -0.3 is 0 Å². The van der Waals surface area contributed by atoms with Crippen LogP contribution in [-0.2, 0) is 0 Å². The van der Waals surface area contributed by atoms with Crippen LogP contribution in [0.1, 0.15) is 5.69 Å². The summed E-state index contributed by atoms with van der Waals surface area (Å²) in [5.74, 6) is 0.0369. The van der Waals surface area contributed by atoms with Gasteiger partial charge in [0.15, 0.2) is 10.8 Å². The van der Waals surface area contributed by atoms with E-state index in [2.05, 4.69) is 25.5 Å². The normalized spacial score (nSPS) is 11.3. The second kappa shape index (κ2) is 4.45. The number of hydrogen-bond acceptors (Lipinski definition) is 5. The van der Waals surface area contributed by atoms with Gasteiger partial charge in [-0.05, 0) is 25.1 Å². The third kappa shape index (κ3) is 1.91. The molecule has 0 unspecified atom stereocenters. The van der Waals surface area contributed by atoms with Gasteiger partial charge in [0, 0.05) is 5.69 Å². The van der Waals surface area contributed by atoms with Gasteiger partial charge in [-0.2, -0.15) is 14.7 Å². The molecule has 0 aliphatic rings. The van der Waals surface area contributed by atoms with Gasteiger partial charge in [0.1, 0.15) is 11.5 Å². The molecule has 0 spiro atoms. The Hall–Kier alpha value is -2.61. The SMILES string of the molecule is Cc1cc(-c2nn3c(-c4ccccc4F)nnc3s2)n[nH]1. The molecule has 0 fully saturated rings. The number of aromatic amines is 1. The summed E-state index contributed by atoms with van der Waals surface area (Å²) in [6, 6.07) is 8.33. The molecular formula is C13H9FN6S. The van der Waals surface area contributed by atoms with Gasteiger partial charge in [-0.25, -0.2) is 4.39 Å². The average molecular weight is 300 g/mol. The van der Waals surface area contributed by atoms with Crippen molar-refractivity contribution < 1.29 is 4.39 Å². The van der Waals surface area contributed by atoms with E-state index in [1.54, 1.807) is 22.7 Å². The second-order valence-electron chi connectivity index (χ2n) is 4.54. The molecule has 21 heavy (non-hydrogen) atoms. The van der Waals surface area contributed by atoms with Gasteiger partial charge in [-0.15, -0.1) is 10.2 Å². The zero-order valence-electron chi connectivity index (χ0n) is 10.9. The van der Waals surface area contributed by atoms with Crippen LogP contribution in [0.3, 0.4) is 0 Å². The molecule has 104 valence electrons. The lowest BCUT2D eigenvalue weighted by Gasteiger charge is -1.97. The minimum Gasteiger partial charge on any atom is -0.282 e. The second-order valence-corrected chi connectivity index (χ2v) is 5.50. The molecule has 0 saturated heterocycles. The van der Waals surface area contributed by atoms with Gasteiger partial charge in [0.05, 0.1) is 5.56 Å². The number of nitrogens with one attached hydrogen (secondary N) is 1. The zero-order chi connectivity index (χ0) is 14.4. The number of hydrogen-bond donors (Lipinski definition) is 1. The Labute approximate surface area is 122 Å². The van der Waals surface area contributed by atoms with Crippen molar-refractivity contribution in [2.75, 3.05) is 0 Å². The molecule has 0 bridgehead atoms. The summed E-state index contributed by atoms with van der Waals surface area (Å²) in [4.78, 5) is 0.601. The fourth-order valence-electron chi connectivity index (χ4n) is 2.06. The van der Waals surface area contributed by atoms with E-state index in [0.717, 1.165) is 11.4 Å². The molecule has 3 heterocycles. The van der Waals surface area contributed by atoms with Crippen molar-refractivity contribution in [1.29, 1.82) is 0 Å². The number of fused-ring (bicyclic) bond motifs is 1. The molecule has 8 heteroatoms. The first-order valence-electron chi connectivity index (χ1n) is 6.22. The van der Waals surface area contributed by atoms with Crippen molar-refractivity contribution in [1.82, 2.24) is 30.0 Å². The Kier molecular flexibility index (Phi) is 2.58. The first kappa shape index (κ1) is 12.2. The Morgan fingerprint density at radius 2 is 2.10 bits per heavy atom. The molecule has 1 aromatic carbocycles. The van der Waals surface area contributed by atoms with E-state index in [1.807, 2.05) is 13.0 Å². The number of H-pyrrole nitrogens is 1. The Morgan fingerprint density at radius 1 is 1.24 bits per heavy atom. The first-order chi connectivity index (χ1) is 10.2. The highest BCUT2D eigenvalue weighted by molar-refractivity contribution is 7.19. The highest BCUT2D eigenvalue weighted by atomic mass is 32.1. The summed E-state index contributed by atoms with van der Waals surface area (Å²) in [5, 5.41) is 20.3. The van der Waals surface area contributed by atoms with E-state index in [4.69, 9.17) is 0 Å². The van der Waals surface area contributed by atoms with Gasteiger partial charge in [-0.3, -0.25) is 5.10 Å². The zero-order valence-corrected chi connectivity index (χ0v) is 11.7. The predicted octanol–water partition coefficient (Wildman–Crippen LogP) is 2.69. The number of nitrogens with zero attached hydrogens (tertiary/aromatic N) is 5. The topological polar surface area (TPSA) is 71.8 Å². The minimum absolute atomic E-state index is 0.350. The van der Waals surface area contributed by atoms with E-state index in [0.29, 0.717) is 21.4 Å². The van der Waals surface area contributed by atoms with Crippen molar-refractivity contribution in [3.05, 3.63) is 41.8 Å². The smallest absolute Gasteiger partial charge is 0.235 e. The van der Waals surface area contributed by atoms with Crippen LogP contribution in [0.2, 0.25) is 0 Å². The standard InChI is InChI=1S/C13H9FN6S/c1-7-6-10(16-15-7)12-19-20-11(17-18-13(20)21-12)8-4-2-3-5-9(8)14/h2-6H,1H3,(H,15,16). The van der Waals surface area contributed by atoms with E-state index >= 15 is 0 Å². The van der Waals surface area contributed by atoms with Gasteiger partial charge in [0.2, 0.25) is 4.96 Å². The van der Waals surface area contributed by atoms with E-state index in [9.17, 15) is 4.39 Å². The Morgan fingerprint density at radius 3 is 2.86 bits per heavy atom. The molecule has 4 rings (SSSR count). The fraction of sp³-hybridized carbons (Fsp3) is 0.0769. The number of benzene rings is 1. The summed E-state index contributed by atoms with van der Waals surface area (Å²) in [6.45, 7) is 1.92. The molecule has 0 amide bonds. The highest BCUT2D eigenvalue weighted by Gasteiger charge is 2.17. The van der Waals surface area contributed by atoms with Crippen molar-refractivity contribution in [2.24, 2.45) is 0 Å². The van der Waals surface area contributed by atoms with Crippen LogP contribution in [0.25, 0.3) is 27.1 Å². The molecule has 1 N–H and O–H groups in total. The number of halogens is 1. The Bertz CT molecular complexity index is 937. The van der Waals surface area contributed by atoms with Crippen LogP contribution < -0.4 is 0 Å². The lowest BCUT2D eigenvalue weighted by molar-refractivity contribution is 0.629. The summed E-state index contributed by atoms with van der Waals surface area (Å²) in [6.07, 6.45) is 0. The van der Waals surface area contributed by atoms with E-state index in [-0.39, 0.29) is 5.82 Å². The van der Waals surface area contributed by atoms with Crippen molar-refractivity contribution in [3.63, 3.8) is 0 Å². The van der Waals surface area contributed by atoms with Crippen LogP contribution in [0.15, 0.2) is 30.3 Å². The number of aromatic nitrogens is 6. The van der Waals surface area contributed by atoms with Crippen molar-refractivity contribution in [2.45, 2.75) is 6.92 Å². The van der Waals surface area contributed by atoms with Crippen LogP contribution >= 0.6 is 11.3 Å². The van der Waals surface area contributed by atoms with Crippen molar-refractivity contribution >= 4 is 16.3 Å². The summed E-state index contributed by atoms with van der Waals surface area (Å²) >= 11 is 1.36. The highest BCUT2D eigenvalue weighted by Crippen LogP contribution is 2.28. The quantitative estimate of drug-likeness (QED) is 0.618. The molecular weight excluding hydrogens is 291 g/mol. The largest absolute Gasteiger partial charge is 0.282 e. The monoisotopic (exact) mass is 300 g/mol. The molecule has 6 nitrogen and oxygen atoms in total. The molecule has 3 aromatic heterocycles. The molecule has 4 aromatic rings. The lowest BCUT2D eigenvalue weighted by atomic mass is 10.2. The summed E-state index contributed by atoms with van der Waals surface area (Å²) in [5.41, 5.74) is 2.06. The first-order valence-corrected chi connectivity index (χ1v) is 7.03. The fourth-order valence-corrected chi connectivity index (χ4v) is 2.86. The maximum Gasteiger partial charge on any atom is 0.235 e. The minimum atomic E-state index is -0.350. The van der Waals surface area contributed by atoms with Crippen LogP contribution in [0.4, 0.5) is 4.39 Å². The molecule has 0 aliphatic carbocycles. The van der Waals surface area contributed by atoms with Gasteiger partial charge >= 0.3 is 0 Å². The predicted molar refractivity (Wildman–Crippen MR) is 76.4 cm³/mol. The number of aryl methyl sites for hydroxylation is 1. The number of rotatable bonds is 2. The van der Waals surface area contributed by atoms with Crippen LogP contribution in [-0.4, -0.2) is 30.0 Å². The average Bonchev–Trinajstić information content (AvgIpc) is 3.14. The van der Waals surface area contributed by atoms with Gasteiger partial charge in [0.25, 0.3) is 0 Å². The maximum absolute atomic E-state index is 13.9.